The Balaban J connectivity index is 1.92. The van der Waals surface area contributed by atoms with Gasteiger partial charge in [-0.2, -0.15) is 0 Å². The van der Waals surface area contributed by atoms with E-state index >= 15 is 0 Å². The van der Waals surface area contributed by atoms with Gasteiger partial charge >= 0.3 is 0 Å². The molecule has 2 aromatic carbocycles. The first-order valence-electron chi connectivity index (χ1n) is 7.68. The van der Waals surface area contributed by atoms with Gasteiger partial charge < -0.3 is 5.32 Å². The number of benzene rings is 2. The molecule has 1 N–H and O–H groups in total. The van der Waals surface area contributed by atoms with Crippen molar-refractivity contribution in [1.29, 1.82) is 0 Å². The van der Waals surface area contributed by atoms with Gasteiger partial charge in [0, 0.05) is 4.47 Å². The van der Waals surface area contributed by atoms with Crippen molar-refractivity contribution in [3.05, 3.63) is 53.0 Å². The van der Waals surface area contributed by atoms with Crippen LogP contribution in [-0.2, 0) is 19.6 Å². The van der Waals surface area contributed by atoms with E-state index in [0.717, 1.165) is 15.0 Å². The zero-order valence-electron chi connectivity index (χ0n) is 13.8. The quantitative estimate of drug-likeness (QED) is 0.793. The van der Waals surface area contributed by atoms with Crippen molar-refractivity contribution in [2.45, 2.75) is 0 Å². The largest absolute Gasteiger partial charge is 0.323 e. The summed E-state index contributed by atoms with van der Waals surface area (Å²) in [6, 6.07) is 13.5. The van der Waals surface area contributed by atoms with Crippen LogP contribution in [0.15, 0.2) is 53.0 Å². The molecule has 7 nitrogen and oxygen atoms in total. The van der Waals surface area contributed by atoms with Gasteiger partial charge in [0.05, 0.1) is 23.3 Å². The third kappa shape index (κ3) is 3.88. The summed E-state index contributed by atoms with van der Waals surface area (Å²) in [5.74, 6) is -0.813. The minimum atomic E-state index is -3.69. The average molecular weight is 438 g/mol. The van der Waals surface area contributed by atoms with Gasteiger partial charge in [0.15, 0.2) is 0 Å². The smallest absolute Gasteiger partial charge is 0.248 e. The molecular formula is C17H16BrN3O4S. The van der Waals surface area contributed by atoms with Gasteiger partial charge in [0.1, 0.15) is 13.1 Å². The molecule has 0 aliphatic carbocycles. The summed E-state index contributed by atoms with van der Waals surface area (Å²) in [7, 11) is -3.69. The zero-order valence-corrected chi connectivity index (χ0v) is 16.2. The van der Waals surface area contributed by atoms with Gasteiger partial charge in [-0.25, -0.2) is 8.42 Å². The molecule has 2 amide bonds. The minimum absolute atomic E-state index is 0.159. The summed E-state index contributed by atoms with van der Waals surface area (Å²) in [5, 5.41) is 2.70. The van der Waals surface area contributed by atoms with E-state index in [-0.39, 0.29) is 12.5 Å². The average Bonchev–Trinajstić information content (AvgIpc) is 2.58. The fourth-order valence-corrected chi connectivity index (χ4v) is 3.79. The summed E-state index contributed by atoms with van der Waals surface area (Å²) >= 11 is 3.30. The number of halogens is 1. The van der Waals surface area contributed by atoms with Gasteiger partial charge in [-0.15, -0.1) is 0 Å². The number of rotatable bonds is 4. The molecule has 1 aliphatic rings. The van der Waals surface area contributed by atoms with E-state index in [0.29, 0.717) is 17.1 Å². The number of hydrogen-bond acceptors (Lipinski definition) is 4. The van der Waals surface area contributed by atoms with Crippen LogP contribution in [0.2, 0.25) is 0 Å². The summed E-state index contributed by atoms with van der Waals surface area (Å²) in [6.07, 6.45) is 1.04. The molecule has 1 aliphatic heterocycles. The Morgan fingerprint density at radius 3 is 2.50 bits per heavy atom. The Hall–Kier alpha value is -2.39. The number of nitrogens with zero attached hydrogens (tertiary/aromatic N) is 2. The van der Waals surface area contributed by atoms with E-state index in [2.05, 4.69) is 21.2 Å². The van der Waals surface area contributed by atoms with Crippen LogP contribution in [0.25, 0.3) is 0 Å². The van der Waals surface area contributed by atoms with Crippen molar-refractivity contribution in [1.82, 2.24) is 0 Å². The van der Waals surface area contributed by atoms with Crippen molar-refractivity contribution in [3.8, 4) is 0 Å². The number of fused-ring (bicyclic) bond motifs is 1. The fraction of sp³-hybridized carbons (Fsp3) is 0.176. The van der Waals surface area contributed by atoms with Crippen LogP contribution in [0.5, 0.6) is 0 Å². The number of para-hydroxylation sites is 2. The number of carbonyl (C=O) groups excluding carboxylic acids is 2. The van der Waals surface area contributed by atoms with Gasteiger partial charge in [-0.05, 0) is 36.4 Å². The molecule has 136 valence electrons. The second-order valence-electron chi connectivity index (χ2n) is 5.79. The standard InChI is InChI=1S/C17H16BrN3O4S/c1-26(24,25)21(13-8-6-12(18)7-9-13)11-17(23)20-10-16(22)19-14-4-2-3-5-15(14)20/h2-9H,10-11H2,1H3,(H,19,22). The Kier molecular flexibility index (Phi) is 5.01. The Morgan fingerprint density at radius 1 is 1.19 bits per heavy atom. The summed E-state index contributed by atoms with van der Waals surface area (Å²) in [5.41, 5.74) is 1.44. The molecule has 0 saturated heterocycles. The SMILES string of the molecule is CS(=O)(=O)N(CC(=O)N1CC(=O)Nc2ccccc21)c1ccc(Br)cc1. The molecular weight excluding hydrogens is 422 g/mol. The van der Waals surface area contributed by atoms with Crippen molar-refractivity contribution in [3.63, 3.8) is 0 Å². The van der Waals surface area contributed by atoms with Crippen LogP contribution in [0, 0.1) is 0 Å². The molecule has 26 heavy (non-hydrogen) atoms. The molecule has 9 heteroatoms. The molecule has 3 rings (SSSR count). The second-order valence-corrected chi connectivity index (χ2v) is 8.61. The molecule has 0 atom stereocenters. The summed E-state index contributed by atoms with van der Waals surface area (Å²) in [6.45, 7) is -0.560. The summed E-state index contributed by atoms with van der Waals surface area (Å²) in [4.78, 5) is 26.0. The first-order chi connectivity index (χ1) is 12.3. The Morgan fingerprint density at radius 2 is 1.85 bits per heavy atom. The predicted molar refractivity (Wildman–Crippen MR) is 104 cm³/mol. The topological polar surface area (TPSA) is 86.8 Å². The van der Waals surface area contributed by atoms with Crippen LogP contribution >= 0.6 is 15.9 Å². The van der Waals surface area contributed by atoms with Crippen LogP contribution < -0.4 is 14.5 Å². The van der Waals surface area contributed by atoms with Crippen molar-refractivity contribution in [2.75, 3.05) is 33.9 Å². The Bertz CT molecular complexity index is 960. The van der Waals surface area contributed by atoms with E-state index in [4.69, 9.17) is 0 Å². The molecule has 0 aromatic heterocycles. The highest BCUT2D eigenvalue weighted by Gasteiger charge is 2.30. The molecule has 2 aromatic rings. The number of sulfonamides is 1. The normalized spacial score (nSPS) is 13.8. The van der Waals surface area contributed by atoms with E-state index in [9.17, 15) is 18.0 Å². The van der Waals surface area contributed by atoms with Crippen LogP contribution in [-0.4, -0.2) is 39.6 Å². The first-order valence-corrected chi connectivity index (χ1v) is 10.3. The third-order valence-electron chi connectivity index (χ3n) is 3.87. The maximum absolute atomic E-state index is 12.8. The second kappa shape index (κ2) is 7.08. The monoisotopic (exact) mass is 437 g/mol. The van der Waals surface area contributed by atoms with E-state index in [1.165, 1.54) is 4.90 Å². The maximum atomic E-state index is 12.8. The highest BCUT2D eigenvalue weighted by atomic mass is 79.9. The fourth-order valence-electron chi connectivity index (χ4n) is 2.67. The van der Waals surface area contributed by atoms with Crippen molar-refractivity contribution < 1.29 is 18.0 Å². The lowest BCUT2D eigenvalue weighted by Crippen LogP contribution is -2.47. The Labute approximate surface area is 159 Å². The molecule has 0 fully saturated rings. The van der Waals surface area contributed by atoms with Crippen LogP contribution in [0.4, 0.5) is 17.1 Å². The van der Waals surface area contributed by atoms with E-state index in [1.807, 2.05) is 0 Å². The molecule has 0 spiro atoms. The van der Waals surface area contributed by atoms with Crippen molar-refractivity contribution >= 4 is 54.8 Å². The molecule has 0 radical (unpaired) electrons. The number of amides is 2. The minimum Gasteiger partial charge on any atom is -0.323 e. The lowest BCUT2D eigenvalue weighted by atomic mass is 10.2. The number of nitrogens with one attached hydrogen (secondary N) is 1. The lowest BCUT2D eigenvalue weighted by Gasteiger charge is -2.31. The number of anilines is 3. The van der Waals surface area contributed by atoms with E-state index in [1.54, 1.807) is 48.5 Å². The third-order valence-corrected chi connectivity index (χ3v) is 5.53. The van der Waals surface area contributed by atoms with Crippen LogP contribution in [0.3, 0.4) is 0 Å². The number of carbonyl (C=O) groups is 2. The predicted octanol–water partition coefficient (Wildman–Crippen LogP) is 2.20. The molecule has 1 heterocycles. The van der Waals surface area contributed by atoms with E-state index < -0.39 is 22.5 Å². The zero-order chi connectivity index (χ0) is 18.9. The highest BCUT2D eigenvalue weighted by Crippen LogP contribution is 2.29. The summed E-state index contributed by atoms with van der Waals surface area (Å²) < 4.78 is 26.2. The van der Waals surface area contributed by atoms with Crippen LogP contribution in [0.1, 0.15) is 0 Å². The van der Waals surface area contributed by atoms with Gasteiger partial charge in [0.2, 0.25) is 21.8 Å². The van der Waals surface area contributed by atoms with Gasteiger partial charge in [0.25, 0.3) is 0 Å². The lowest BCUT2D eigenvalue weighted by molar-refractivity contribution is -0.121. The maximum Gasteiger partial charge on any atom is 0.248 e. The number of hydrogen-bond donors (Lipinski definition) is 1. The molecule has 0 unspecified atom stereocenters. The molecule has 0 saturated carbocycles. The van der Waals surface area contributed by atoms with Gasteiger partial charge in [-0.1, -0.05) is 28.1 Å². The van der Waals surface area contributed by atoms with Crippen molar-refractivity contribution in [2.24, 2.45) is 0 Å². The van der Waals surface area contributed by atoms with Gasteiger partial charge in [-0.3, -0.25) is 18.8 Å². The first kappa shape index (κ1) is 18.4. The molecule has 0 bridgehead atoms. The highest BCUT2D eigenvalue weighted by molar-refractivity contribution is 9.10.